The van der Waals surface area contributed by atoms with E-state index in [9.17, 15) is 0 Å². The lowest BCUT2D eigenvalue weighted by molar-refractivity contribution is 0.765. The molecule has 3 heteroatoms. The van der Waals surface area contributed by atoms with Gasteiger partial charge in [0.25, 0.3) is 0 Å². The quantitative estimate of drug-likeness (QED) is 0.650. The van der Waals surface area contributed by atoms with Crippen LogP contribution in [0.5, 0.6) is 0 Å². The van der Waals surface area contributed by atoms with Crippen LogP contribution in [-0.4, -0.2) is 15.0 Å². The van der Waals surface area contributed by atoms with Gasteiger partial charge in [-0.25, -0.2) is 0 Å². The van der Waals surface area contributed by atoms with Crippen LogP contribution in [0.15, 0.2) is 36.4 Å². The Morgan fingerprint density at radius 1 is 0.778 bits per heavy atom. The Morgan fingerprint density at radius 2 is 1.28 bits per heavy atom. The summed E-state index contributed by atoms with van der Waals surface area (Å²) in [6, 6.07) is 12.4. The summed E-state index contributed by atoms with van der Waals surface area (Å²) in [5, 5.41) is 9.04. The second-order valence-electron chi connectivity index (χ2n) is 4.75. The maximum absolute atomic E-state index is 4.52. The Balaban J connectivity index is 2.16. The number of aromatic nitrogens is 3. The van der Waals surface area contributed by atoms with Crippen molar-refractivity contribution < 1.29 is 0 Å². The van der Waals surface area contributed by atoms with E-state index in [-0.39, 0.29) is 0 Å². The molecule has 0 aliphatic heterocycles. The van der Waals surface area contributed by atoms with Gasteiger partial charge in [0.2, 0.25) is 0 Å². The van der Waals surface area contributed by atoms with Crippen LogP contribution in [0.4, 0.5) is 0 Å². The van der Waals surface area contributed by atoms with Gasteiger partial charge in [-0.3, -0.25) is 0 Å². The van der Waals surface area contributed by atoms with Gasteiger partial charge < -0.3 is 0 Å². The van der Waals surface area contributed by atoms with Gasteiger partial charge in [-0.15, -0.1) is 10.2 Å². The summed E-state index contributed by atoms with van der Waals surface area (Å²) in [5.41, 5.74) is 6.61. The second kappa shape index (κ2) is 3.95. The highest BCUT2D eigenvalue weighted by Crippen LogP contribution is 2.17. The summed E-state index contributed by atoms with van der Waals surface area (Å²) in [6.07, 6.45) is 0. The summed E-state index contributed by atoms with van der Waals surface area (Å²) >= 11 is 0. The first-order valence-corrected chi connectivity index (χ1v) is 6.05. The standard InChI is InChI=1S/C15H15N3/c1-10-4-6-13(7-5-10)18-16-14-8-11(2)12(3)9-15(14)17-18/h4-9H,1-3H3. The highest BCUT2D eigenvalue weighted by atomic mass is 15.5. The van der Waals surface area contributed by atoms with E-state index in [2.05, 4.69) is 55.2 Å². The van der Waals surface area contributed by atoms with E-state index in [0.717, 1.165) is 16.7 Å². The maximum atomic E-state index is 4.52. The topological polar surface area (TPSA) is 30.7 Å². The molecule has 0 saturated heterocycles. The maximum Gasteiger partial charge on any atom is 0.113 e. The molecule has 2 aromatic carbocycles. The molecule has 0 aliphatic carbocycles. The molecule has 0 fully saturated rings. The van der Waals surface area contributed by atoms with E-state index in [1.807, 2.05) is 12.1 Å². The fraction of sp³-hybridized carbons (Fsp3) is 0.200. The first-order chi connectivity index (χ1) is 8.63. The van der Waals surface area contributed by atoms with E-state index < -0.39 is 0 Å². The van der Waals surface area contributed by atoms with Crippen molar-refractivity contribution in [1.29, 1.82) is 0 Å². The number of hydrogen-bond acceptors (Lipinski definition) is 2. The SMILES string of the molecule is Cc1ccc(-n2nc3cc(C)c(C)cc3n2)cc1. The van der Waals surface area contributed by atoms with Gasteiger partial charge in [0.05, 0.1) is 5.69 Å². The molecule has 1 heterocycles. The van der Waals surface area contributed by atoms with Gasteiger partial charge >= 0.3 is 0 Å². The summed E-state index contributed by atoms with van der Waals surface area (Å²) < 4.78 is 0. The van der Waals surface area contributed by atoms with Crippen LogP contribution >= 0.6 is 0 Å². The molecule has 3 nitrogen and oxygen atoms in total. The van der Waals surface area contributed by atoms with Crippen LogP contribution < -0.4 is 0 Å². The van der Waals surface area contributed by atoms with E-state index in [4.69, 9.17) is 0 Å². The Hall–Kier alpha value is -2.16. The zero-order valence-corrected chi connectivity index (χ0v) is 10.8. The van der Waals surface area contributed by atoms with E-state index in [1.165, 1.54) is 16.7 Å². The average molecular weight is 237 g/mol. The van der Waals surface area contributed by atoms with Crippen molar-refractivity contribution >= 4 is 11.0 Å². The number of nitrogens with zero attached hydrogens (tertiary/aromatic N) is 3. The fourth-order valence-corrected chi connectivity index (χ4v) is 1.97. The molecule has 0 atom stereocenters. The van der Waals surface area contributed by atoms with Crippen LogP contribution in [-0.2, 0) is 0 Å². The fourth-order valence-electron chi connectivity index (χ4n) is 1.97. The van der Waals surface area contributed by atoms with Gasteiger partial charge in [-0.2, -0.15) is 4.80 Å². The number of hydrogen-bond donors (Lipinski definition) is 0. The number of benzene rings is 2. The number of rotatable bonds is 1. The normalized spacial score (nSPS) is 11.1. The van der Waals surface area contributed by atoms with Gasteiger partial charge in [-0.05, 0) is 56.2 Å². The molecule has 0 N–H and O–H groups in total. The molecule has 90 valence electrons. The van der Waals surface area contributed by atoms with E-state index in [0.29, 0.717) is 0 Å². The summed E-state index contributed by atoms with van der Waals surface area (Å²) in [6.45, 7) is 6.27. The largest absolute Gasteiger partial charge is 0.150 e. The third-order valence-corrected chi connectivity index (χ3v) is 3.26. The lowest BCUT2D eigenvalue weighted by Crippen LogP contribution is -1.97. The number of fused-ring (bicyclic) bond motifs is 1. The van der Waals surface area contributed by atoms with Crippen molar-refractivity contribution in [3.05, 3.63) is 53.1 Å². The highest BCUT2D eigenvalue weighted by Gasteiger charge is 2.06. The minimum absolute atomic E-state index is 0.943. The van der Waals surface area contributed by atoms with Gasteiger partial charge in [0, 0.05) is 0 Å². The zero-order chi connectivity index (χ0) is 12.7. The van der Waals surface area contributed by atoms with E-state index >= 15 is 0 Å². The summed E-state index contributed by atoms with van der Waals surface area (Å²) in [5.74, 6) is 0. The molecule has 18 heavy (non-hydrogen) atoms. The molecule has 3 aromatic rings. The third kappa shape index (κ3) is 1.78. The predicted octanol–water partition coefficient (Wildman–Crippen LogP) is 3.35. The van der Waals surface area contributed by atoms with E-state index in [1.54, 1.807) is 4.80 Å². The second-order valence-corrected chi connectivity index (χ2v) is 4.75. The monoisotopic (exact) mass is 237 g/mol. The van der Waals surface area contributed by atoms with Crippen molar-refractivity contribution in [2.24, 2.45) is 0 Å². The average Bonchev–Trinajstić information content (AvgIpc) is 2.73. The van der Waals surface area contributed by atoms with Crippen LogP contribution in [0.25, 0.3) is 16.7 Å². The highest BCUT2D eigenvalue weighted by molar-refractivity contribution is 5.76. The lowest BCUT2D eigenvalue weighted by Gasteiger charge is -1.98. The minimum atomic E-state index is 0.943. The van der Waals surface area contributed by atoms with Crippen molar-refractivity contribution in [3.63, 3.8) is 0 Å². The lowest BCUT2D eigenvalue weighted by atomic mass is 10.1. The smallest absolute Gasteiger partial charge is 0.113 e. The molecular weight excluding hydrogens is 222 g/mol. The number of aryl methyl sites for hydroxylation is 3. The molecule has 0 bridgehead atoms. The third-order valence-electron chi connectivity index (χ3n) is 3.26. The van der Waals surface area contributed by atoms with Gasteiger partial charge in [0.15, 0.2) is 0 Å². The van der Waals surface area contributed by atoms with Crippen molar-refractivity contribution in [2.45, 2.75) is 20.8 Å². The van der Waals surface area contributed by atoms with Crippen molar-refractivity contribution in [3.8, 4) is 5.69 Å². The Bertz CT molecular complexity index is 669. The first kappa shape index (κ1) is 11.0. The molecule has 0 aliphatic rings. The Morgan fingerprint density at radius 3 is 1.78 bits per heavy atom. The van der Waals surface area contributed by atoms with Crippen LogP contribution in [0.1, 0.15) is 16.7 Å². The summed E-state index contributed by atoms with van der Waals surface area (Å²) in [4.78, 5) is 1.70. The van der Waals surface area contributed by atoms with Crippen LogP contribution in [0.2, 0.25) is 0 Å². The van der Waals surface area contributed by atoms with Gasteiger partial charge in [-0.1, -0.05) is 17.7 Å². The Labute approximate surface area is 106 Å². The predicted molar refractivity (Wildman–Crippen MR) is 73.1 cm³/mol. The molecule has 0 radical (unpaired) electrons. The van der Waals surface area contributed by atoms with Crippen LogP contribution in [0.3, 0.4) is 0 Å². The van der Waals surface area contributed by atoms with Crippen molar-refractivity contribution in [1.82, 2.24) is 15.0 Å². The Kier molecular flexibility index (Phi) is 2.40. The van der Waals surface area contributed by atoms with Crippen LogP contribution in [0, 0.1) is 20.8 Å². The molecule has 0 saturated carbocycles. The molecule has 0 unspecified atom stereocenters. The molecule has 0 amide bonds. The molecule has 1 aromatic heterocycles. The van der Waals surface area contributed by atoms with Crippen molar-refractivity contribution in [2.75, 3.05) is 0 Å². The zero-order valence-electron chi connectivity index (χ0n) is 10.8. The minimum Gasteiger partial charge on any atom is -0.150 e. The van der Waals surface area contributed by atoms with Gasteiger partial charge in [0.1, 0.15) is 11.0 Å². The summed E-state index contributed by atoms with van der Waals surface area (Å²) in [7, 11) is 0. The molecule has 3 rings (SSSR count). The molecular formula is C15H15N3. The molecule has 0 spiro atoms. The first-order valence-electron chi connectivity index (χ1n) is 6.05.